The molecule has 116 valence electrons. The fraction of sp³-hybridized carbons (Fsp3) is 0.562. The van der Waals surface area contributed by atoms with Crippen LogP contribution in [0.4, 0.5) is 0 Å². The number of piperidine rings is 1. The van der Waals surface area contributed by atoms with Crippen LogP contribution in [-0.2, 0) is 0 Å². The lowest BCUT2D eigenvalue weighted by atomic mass is 9.98. The number of amides is 1. The molecule has 0 bridgehead atoms. The van der Waals surface area contributed by atoms with Gasteiger partial charge in [-0.1, -0.05) is 15.9 Å². The second-order valence-corrected chi connectivity index (χ2v) is 8.30. The van der Waals surface area contributed by atoms with Crippen LogP contribution in [0.2, 0.25) is 0 Å². The maximum Gasteiger partial charge on any atom is 0.252 e. The van der Waals surface area contributed by atoms with Crippen LogP contribution in [0.1, 0.15) is 44.0 Å². The van der Waals surface area contributed by atoms with Gasteiger partial charge in [0.25, 0.3) is 5.91 Å². The molecular formula is C16H22Br2N2O. The molecule has 1 saturated heterocycles. The fourth-order valence-electron chi connectivity index (χ4n) is 2.63. The quantitative estimate of drug-likeness (QED) is 0.781. The van der Waals surface area contributed by atoms with Gasteiger partial charge in [0, 0.05) is 33.6 Å². The maximum atomic E-state index is 12.4. The van der Waals surface area contributed by atoms with E-state index in [4.69, 9.17) is 0 Å². The van der Waals surface area contributed by atoms with Gasteiger partial charge in [-0.15, -0.1) is 0 Å². The topological polar surface area (TPSA) is 32.3 Å². The molecule has 3 nitrogen and oxygen atoms in total. The van der Waals surface area contributed by atoms with E-state index in [0.717, 1.165) is 34.9 Å². The molecule has 0 aliphatic carbocycles. The molecule has 1 aromatic carbocycles. The van der Waals surface area contributed by atoms with Gasteiger partial charge in [0.1, 0.15) is 0 Å². The average Bonchev–Trinajstić information content (AvgIpc) is 2.38. The molecule has 0 saturated carbocycles. The van der Waals surface area contributed by atoms with Crippen molar-refractivity contribution in [3.8, 4) is 0 Å². The van der Waals surface area contributed by atoms with Crippen LogP contribution in [0.5, 0.6) is 0 Å². The van der Waals surface area contributed by atoms with Crippen LogP contribution >= 0.6 is 31.9 Å². The Kier molecular flexibility index (Phi) is 5.49. The molecular weight excluding hydrogens is 396 g/mol. The molecule has 0 unspecified atom stereocenters. The molecule has 0 atom stereocenters. The van der Waals surface area contributed by atoms with Crippen molar-refractivity contribution in [2.24, 2.45) is 0 Å². The van der Waals surface area contributed by atoms with Gasteiger partial charge in [-0.3, -0.25) is 9.69 Å². The minimum atomic E-state index is 0.00332. The number of carbonyl (C=O) groups excluding carboxylic acids is 1. The van der Waals surface area contributed by atoms with E-state index >= 15 is 0 Å². The molecule has 5 heteroatoms. The minimum Gasteiger partial charge on any atom is -0.349 e. The Morgan fingerprint density at radius 2 is 1.86 bits per heavy atom. The maximum absolute atomic E-state index is 12.4. The van der Waals surface area contributed by atoms with Gasteiger partial charge < -0.3 is 5.32 Å². The number of likely N-dealkylation sites (tertiary alicyclic amines) is 1. The average molecular weight is 418 g/mol. The molecule has 21 heavy (non-hydrogen) atoms. The van der Waals surface area contributed by atoms with Gasteiger partial charge in [0.2, 0.25) is 0 Å². The molecule has 1 aliphatic heterocycles. The summed E-state index contributed by atoms with van der Waals surface area (Å²) in [5.74, 6) is 0.00332. The van der Waals surface area contributed by atoms with E-state index in [9.17, 15) is 4.79 Å². The van der Waals surface area contributed by atoms with Crippen molar-refractivity contribution < 1.29 is 4.79 Å². The van der Waals surface area contributed by atoms with Crippen LogP contribution in [0.15, 0.2) is 27.1 Å². The monoisotopic (exact) mass is 416 g/mol. The first kappa shape index (κ1) is 17.0. The highest BCUT2D eigenvalue weighted by atomic mass is 79.9. The predicted octanol–water partition coefficient (Wildman–Crippen LogP) is 4.20. The standard InChI is InChI=1S/C16H22Br2N2O/c1-16(2,3)20-8-6-12(7-9-20)19-15(21)13-5-4-11(17)10-14(13)18/h4-5,10,12H,6-9H2,1-3H3,(H,19,21). The van der Waals surface area contributed by atoms with Crippen LogP contribution in [0.25, 0.3) is 0 Å². The molecule has 0 spiro atoms. The zero-order chi connectivity index (χ0) is 15.6. The second kappa shape index (κ2) is 6.80. The highest BCUT2D eigenvalue weighted by Gasteiger charge is 2.27. The van der Waals surface area contributed by atoms with E-state index in [2.05, 4.69) is 62.8 Å². The Morgan fingerprint density at radius 3 is 2.38 bits per heavy atom. The molecule has 1 aromatic rings. The van der Waals surface area contributed by atoms with E-state index in [1.807, 2.05) is 18.2 Å². The Balaban J connectivity index is 1.93. The van der Waals surface area contributed by atoms with Crippen LogP contribution in [0, 0.1) is 0 Å². The molecule has 0 radical (unpaired) electrons. The van der Waals surface area contributed by atoms with Gasteiger partial charge in [-0.25, -0.2) is 0 Å². The first-order valence-corrected chi connectivity index (χ1v) is 8.87. The Hall–Kier alpha value is -0.390. The SMILES string of the molecule is CC(C)(C)N1CCC(NC(=O)c2ccc(Br)cc2Br)CC1. The van der Waals surface area contributed by atoms with E-state index in [1.165, 1.54) is 0 Å². The summed E-state index contributed by atoms with van der Waals surface area (Å²) < 4.78 is 1.78. The number of nitrogens with zero attached hydrogens (tertiary/aromatic N) is 1. The lowest BCUT2D eigenvalue weighted by Crippen LogP contribution is -2.50. The molecule has 0 aromatic heterocycles. The van der Waals surface area contributed by atoms with Crippen molar-refractivity contribution in [2.75, 3.05) is 13.1 Å². The summed E-state index contributed by atoms with van der Waals surface area (Å²) >= 11 is 6.85. The molecule has 1 amide bonds. The number of hydrogen-bond donors (Lipinski definition) is 1. The minimum absolute atomic E-state index is 0.00332. The van der Waals surface area contributed by atoms with Crippen molar-refractivity contribution in [1.82, 2.24) is 10.2 Å². The first-order valence-electron chi connectivity index (χ1n) is 7.28. The van der Waals surface area contributed by atoms with Crippen LogP contribution in [-0.4, -0.2) is 35.5 Å². The fourth-order valence-corrected chi connectivity index (χ4v) is 3.86. The predicted molar refractivity (Wildman–Crippen MR) is 93.7 cm³/mol. The van der Waals surface area contributed by atoms with E-state index in [1.54, 1.807) is 0 Å². The lowest BCUT2D eigenvalue weighted by molar-refractivity contribution is 0.0812. The number of benzene rings is 1. The molecule has 1 heterocycles. The Bertz CT molecular complexity index is 517. The zero-order valence-electron chi connectivity index (χ0n) is 12.7. The molecule has 1 aliphatic rings. The van der Waals surface area contributed by atoms with E-state index < -0.39 is 0 Å². The zero-order valence-corrected chi connectivity index (χ0v) is 15.9. The largest absolute Gasteiger partial charge is 0.349 e. The van der Waals surface area contributed by atoms with Crippen molar-refractivity contribution in [3.05, 3.63) is 32.7 Å². The van der Waals surface area contributed by atoms with Gasteiger partial charge in [-0.05, 0) is 67.7 Å². The highest BCUT2D eigenvalue weighted by molar-refractivity contribution is 9.11. The summed E-state index contributed by atoms with van der Waals surface area (Å²) in [4.78, 5) is 14.8. The highest BCUT2D eigenvalue weighted by Crippen LogP contribution is 2.23. The van der Waals surface area contributed by atoms with Gasteiger partial charge in [0.15, 0.2) is 0 Å². The number of carbonyl (C=O) groups is 1. The molecule has 1 N–H and O–H groups in total. The summed E-state index contributed by atoms with van der Waals surface area (Å²) in [6.07, 6.45) is 2.02. The number of hydrogen-bond acceptors (Lipinski definition) is 2. The summed E-state index contributed by atoms with van der Waals surface area (Å²) in [6.45, 7) is 8.80. The van der Waals surface area contributed by atoms with Crippen molar-refractivity contribution >= 4 is 37.8 Å². The van der Waals surface area contributed by atoms with Crippen molar-refractivity contribution in [1.29, 1.82) is 0 Å². The third-order valence-corrected chi connectivity index (χ3v) is 5.10. The summed E-state index contributed by atoms with van der Waals surface area (Å²) in [6, 6.07) is 5.90. The lowest BCUT2D eigenvalue weighted by Gasteiger charge is -2.41. The van der Waals surface area contributed by atoms with Crippen LogP contribution in [0.3, 0.4) is 0 Å². The van der Waals surface area contributed by atoms with Gasteiger partial charge >= 0.3 is 0 Å². The summed E-state index contributed by atoms with van der Waals surface area (Å²) in [5, 5.41) is 3.16. The van der Waals surface area contributed by atoms with Crippen molar-refractivity contribution in [2.45, 2.75) is 45.2 Å². The van der Waals surface area contributed by atoms with E-state index in [-0.39, 0.29) is 17.5 Å². The number of halogens is 2. The second-order valence-electron chi connectivity index (χ2n) is 6.53. The van der Waals surface area contributed by atoms with Crippen LogP contribution < -0.4 is 5.32 Å². The number of rotatable bonds is 2. The number of nitrogens with one attached hydrogen (secondary N) is 1. The summed E-state index contributed by atoms with van der Waals surface area (Å²) in [5.41, 5.74) is 0.903. The molecule has 2 rings (SSSR count). The smallest absolute Gasteiger partial charge is 0.252 e. The summed E-state index contributed by atoms with van der Waals surface area (Å²) in [7, 11) is 0. The third-order valence-electron chi connectivity index (χ3n) is 3.95. The van der Waals surface area contributed by atoms with E-state index in [0.29, 0.717) is 5.56 Å². The van der Waals surface area contributed by atoms with Crippen molar-refractivity contribution in [3.63, 3.8) is 0 Å². The van der Waals surface area contributed by atoms with Gasteiger partial charge in [-0.2, -0.15) is 0 Å². The Labute approximate surface area is 143 Å². The Morgan fingerprint density at radius 1 is 1.24 bits per heavy atom. The molecule has 1 fully saturated rings. The van der Waals surface area contributed by atoms with Gasteiger partial charge in [0.05, 0.1) is 5.56 Å². The first-order chi connectivity index (χ1) is 9.77. The normalized spacial score (nSPS) is 17.8. The third kappa shape index (κ3) is 4.54.